The molecule has 2 aromatic carbocycles. The molecule has 33 heavy (non-hydrogen) atoms. The number of hydrogen-bond acceptors (Lipinski definition) is 7. The van der Waals surface area contributed by atoms with Gasteiger partial charge in [0.2, 0.25) is 0 Å². The first-order valence-electron chi connectivity index (χ1n) is 11.4. The van der Waals surface area contributed by atoms with Crippen LogP contribution in [-0.4, -0.2) is 68.5 Å². The number of nitrogens with one attached hydrogen (secondary N) is 1. The molecule has 1 aromatic heterocycles. The first-order valence-corrected chi connectivity index (χ1v) is 11.4. The molecular weight excluding hydrogens is 420 g/mol. The third-order valence-electron chi connectivity index (χ3n) is 5.96. The van der Waals surface area contributed by atoms with E-state index >= 15 is 0 Å². The quantitative estimate of drug-likeness (QED) is 0.576. The number of para-hydroxylation sites is 1. The van der Waals surface area contributed by atoms with Crippen molar-refractivity contribution in [1.82, 2.24) is 9.88 Å². The Morgan fingerprint density at radius 3 is 2.70 bits per heavy atom. The monoisotopic (exact) mass is 448 g/mol. The Morgan fingerprint density at radius 1 is 1.00 bits per heavy atom. The molecule has 1 N–H and O–H groups in total. The van der Waals surface area contributed by atoms with E-state index in [-0.39, 0.29) is 0 Å². The summed E-state index contributed by atoms with van der Waals surface area (Å²) in [6.45, 7) is 6.20. The molecule has 0 spiro atoms. The van der Waals surface area contributed by atoms with Gasteiger partial charge in [0.05, 0.1) is 17.8 Å². The van der Waals surface area contributed by atoms with Crippen LogP contribution in [-0.2, 0) is 4.74 Å². The highest BCUT2D eigenvalue weighted by atomic mass is 16.6. The Labute approximate surface area is 193 Å². The van der Waals surface area contributed by atoms with Crippen LogP contribution in [0.4, 0.5) is 16.2 Å². The second-order valence-electron chi connectivity index (χ2n) is 8.15. The van der Waals surface area contributed by atoms with Crippen LogP contribution in [0.2, 0.25) is 0 Å². The molecule has 0 radical (unpaired) electrons. The summed E-state index contributed by atoms with van der Waals surface area (Å²) >= 11 is 0. The third-order valence-corrected chi connectivity index (χ3v) is 5.96. The number of amides is 1. The second-order valence-corrected chi connectivity index (χ2v) is 8.15. The van der Waals surface area contributed by atoms with E-state index in [2.05, 4.69) is 44.4 Å². The van der Waals surface area contributed by atoms with E-state index in [0.717, 1.165) is 44.7 Å². The molecule has 0 saturated carbocycles. The number of fused-ring (bicyclic) bond motifs is 2. The molecule has 1 fully saturated rings. The van der Waals surface area contributed by atoms with Gasteiger partial charge >= 0.3 is 6.09 Å². The maximum absolute atomic E-state index is 12.1. The van der Waals surface area contributed by atoms with Crippen LogP contribution in [0, 0.1) is 0 Å². The number of aromatic nitrogens is 1. The van der Waals surface area contributed by atoms with Gasteiger partial charge in [0.15, 0.2) is 11.5 Å². The van der Waals surface area contributed by atoms with E-state index in [9.17, 15) is 4.79 Å². The van der Waals surface area contributed by atoms with Crippen LogP contribution in [0.3, 0.4) is 0 Å². The number of ether oxygens (including phenoxy) is 3. The van der Waals surface area contributed by atoms with Gasteiger partial charge in [-0.05, 0) is 30.7 Å². The van der Waals surface area contributed by atoms with Crippen LogP contribution >= 0.6 is 0 Å². The lowest BCUT2D eigenvalue weighted by molar-refractivity contribution is 0.151. The molecule has 0 atom stereocenters. The molecule has 0 aliphatic carbocycles. The van der Waals surface area contributed by atoms with E-state index in [4.69, 9.17) is 14.2 Å². The molecule has 5 rings (SSSR count). The normalized spacial score (nSPS) is 15.9. The van der Waals surface area contributed by atoms with Gasteiger partial charge in [-0.1, -0.05) is 18.2 Å². The van der Waals surface area contributed by atoms with Gasteiger partial charge in [-0.15, -0.1) is 0 Å². The maximum atomic E-state index is 12.1. The number of carbonyl (C=O) groups excluding carboxylic acids is 1. The van der Waals surface area contributed by atoms with Crippen LogP contribution in [0.15, 0.2) is 54.7 Å². The van der Waals surface area contributed by atoms with Crippen molar-refractivity contribution in [3.8, 4) is 11.5 Å². The highest BCUT2D eigenvalue weighted by molar-refractivity contribution is 5.90. The van der Waals surface area contributed by atoms with E-state index in [1.54, 1.807) is 18.2 Å². The number of hydrogen-bond donors (Lipinski definition) is 1. The zero-order valence-corrected chi connectivity index (χ0v) is 18.5. The molecule has 3 aromatic rings. The Morgan fingerprint density at radius 2 is 1.82 bits per heavy atom. The van der Waals surface area contributed by atoms with Crippen molar-refractivity contribution in [2.45, 2.75) is 6.42 Å². The van der Waals surface area contributed by atoms with Gasteiger partial charge in [0.25, 0.3) is 0 Å². The highest BCUT2D eigenvalue weighted by Gasteiger charge is 2.19. The van der Waals surface area contributed by atoms with Crippen LogP contribution in [0.25, 0.3) is 10.9 Å². The SMILES string of the molecule is O=C(Nc1ccc2c(c1)OCCO2)OCCCN1CCN(c2cccc3cccnc23)CC1. The Balaban J connectivity index is 1.03. The standard InChI is InChI=1S/C25H28N4O4/c30-25(27-20-7-8-22-23(18-20)32-17-16-31-22)33-15-3-10-28-11-13-29(14-12-28)21-6-1-4-19-5-2-9-26-24(19)21/h1-2,4-9,18H,3,10-17H2,(H,27,30). The molecule has 2 aliphatic heterocycles. The van der Waals surface area contributed by atoms with Crippen LogP contribution in [0.1, 0.15) is 6.42 Å². The summed E-state index contributed by atoms with van der Waals surface area (Å²) in [5.74, 6) is 1.33. The first-order chi connectivity index (χ1) is 16.3. The molecule has 8 heteroatoms. The summed E-state index contributed by atoms with van der Waals surface area (Å²) < 4.78 is 16.4. The van der Waals surface area contributed by atoms with Gasteiger partial charge in [-0.3, -0.25) is 15.2 Å². The molecule has 0 unspecified atom stereocenters. The molecular formula is C25H28N4O4. The minimum absolute atomic E-state index is 0.379. The summed E-state index contributed by atoms with van der Waals surface area (Å²) in [6.07, 6.45) is 2.19. The minimum Gasteiger partial charge on any atom is -0.486 e. The van der Waals surface area contributed by atoms with E-state index in [0.29, 0.717) is 37.0 Å². The predicted octanol–water partition coefficient (Wildman–Crippen LogP) is 3.77. The van der Waals surface area contributed by atoms with Gasteiger partial charge in [-0.25, -0.2) is 4.79 Å². The molecule has 172 valence electrons. The second kappa shape index (κ2) is 9.95. The van der Waals surface area contributed by atoms with Crippen molar-refractivity contribution in [1.29, 1.82) is 0 Å². The van der Waals surface area contributed by atoms with Crippen molar-refractivity contribution in [2.75, 3.05) is 62.8 Å². The predicted molar refractivity (Wildman–Crippen MR) is 127 cm³/mol. The van der Waals surface area contributed by atoms with Gasteiger partial charge in [0.1, 0.15) is 13.2 Å². The van der Waals surface area contributed by atoms with Gasteiger partial charge in [-0.2, -0.15) is 0 Å². The van der Waals surface area contributed by atoms with E-state index in [1.807, 2.05) is 12.3 Å². The largest absolute Gasteiger partial charge is 0.486 e. The molecule has 1 amide bonds. The van der Waals surface area contributed by atoms with Gasteiger partial charge in [0, 0.05) is 56.1 Å². The Bertz CT molecular complexity index is 1110. The smallest absolute Gasteiger partial charge is 0.411 e. The molecule has 8 nitrogen and oxygen atoms in total. The molecule has 2 aliphatic rings. The summed E-state index contributed by atoms with van der Waals surface area (Å²) in [5, 5.41) is 3.92. The minimum atomic E-state index is -0.458. The Hall–Kier alpha value is -3.52. The van der Waals surface area contributed by atoms with Gasteiger partial charge < -0.3 is 19.1 Å². The summed E-state index contributed by atoms with van der Waals surface area (Å²) in [5.41, 5.74) is 2.89. The average Bonchev–Trinajstić information content (AvgIpc) is 2.87. The number of rotatable bonds is 6. The zero-order valence-electron chi connectivity index (χ0n) is 18.5. The molecule has 1 saturated heterocycles. The van der Waals surface area contributed by atoms with E-state index < -0.39 is 6.09 Å². The first kappa shape index (κ1) is 21.3. The number of benzene rings is 2. The molecule has 3 heterocycles. The van der Waals surface area contributed by atoms with Crippen molar-refractivity contribution in [2.24, 2.45) is 0 Å². The zero-order chi connectivity index (χ0) is 22.5. The summed E-state index contributed by atoms with van der Waals surface area (Å²) in [6, 6.07) is 15.7. The number of carbonyl (C=O) groups is 1. The molecule has 0 bridgehead atoms. The van der Waals surface area contributed by atoms with Crippen molar-refractivity contribution >= 4 is 28.4 Å². The van der Waals surface area contributed by atoms with Crippen molar-refractivity contribution < 1.29 is 19.0 Å². The highest BCUT2D eigenvalue weighted by Crippen LogP contribution is 2.32. The number of anilines is 2. The lowest BCUT2D eigenvalue weighted by Crippen LogP contribution is -2.46. The van der Waals surface area contributed by atoms with Crippen LogP contribution in [0.5, 0.6) is 11.5 Å². The van der Waals surface area contributed by atoms with Crippen LogP contribution < -0.4 is 19.7 Å². The topological polar surface area (TPSA) is 76.2 Å². The number of nitrogens with zero attached hydrogens (tertiary/aromatic N) is 3. The maximum Gasteiger partial charge on any atom is 0.411 e. The van der Waals surface area contributed by atoms with Crippen molar-refractivity contribution in [3.63, 3.8) is 0 Å². The lowest BCUT2D eigenvalue weighted by atomic mass is 10.1. The lowest BCUT2D eigenvalue weighted by Gasteiger charge is -2.36. The summed E-state index contributed by atoms with van der Waals surface area (Å²) in [7, 11) is 0. The van der Waals surface area contributed by atoms with Crippen molar-refractivity contribution in [3.05, 3.63) is 54.7 Å². The summed E-state index contributed by atoms with van der Waals surface area (Å²) in [4.78, 5) is 21.5. The number of piperazine rings is 1. The fourth-order valence-electron chi connectivity index (χ4n) is 4.28. The average molecular weight is 449 g/mol. The number of pyridine rings is 1. The fourth-order valence-corrected chi connectivity index (χ4v) is 4.28. The Kier molecular flexibility index (Phi) is 6.44. The van der Waals surface area contributed by atoms with E-state index in [1.165, 1.54) is 11.1 Å². The third kappa shape index (κ3) is 5.12. The fraction of sp³-hybridized carbons (Fsp3) is 0.360.